The largest absolute Gasteiger partial charge is 0.465 e. The number of imidazole rings is 1. The van der Waals surface area contributed by atoms with Crippen molar-refractivity contribution in [3.05, 3.63) is 16.7 Å². The Kier molecular flexibility index (Phi) is 9.53. The smallest absolute Gasteiger partial charge is 0.323 e. The number of nitrogen functional groups attached to an aromatic ring is 1. The Morgan fingerprint density at radius 2 is 1.76 bits per heavy atom. The Labute approximate surface area is 190 Å². The number of hydrogen-bond acceptors (Lipinski definition) is 10. The number of nitrogens with zero attached hydrogens (tertiary/aromatic N) is 3. The van der Waals surface area contributed by atoms with Crippen LogP contribution in [0.1, 0.15) is 27.7 Å². The lowest BCUT2D eigenvalue weighted by Crippen LogP contribution is -2.42. The van der Waals surface area contributed by atoms with E-state index in [0.29, 0.717) is 0 Å². The van der Waals surface area contributed by atoms with Gasteiger partial charge in [-0.25, -0.2) is 15.2 Å². The Hall–Kier alpha value is -2.80. The van der Waals surface area contributed by atoms with E-state index in [1.54, 1.807) is 18.4 Å². The van der Waals surface area contributed by atoms with Crippen LogP contribution in [-0.4, -0.2) is 69.7 Å². The quantitative estimate of drug-likeness (QED) is 0.167. The van der Waals surface area contributed by atoms with Gasteiger partial charge < -0.3 is 24.5 Å². The molecule has 0 saturated heterocycles. The molecule has 0 aliphatic carbocycles. The summed E-state index contributed by atoms with van der Waals surface area (Å²) in [6.45, 7) is 6.92. The molecule has 2 heterocycles. The van der Waals surface area contributed by atoms with Crippen molar-refractivity contribution in [1.29, 1.82) is 0 Å². The third kappa shape index (κ3) is 7.35. The highest BCUT2D eigenvalue weighted by molar-refractivity contribution is 7.59. The highest BCUT2D eigenvalue weighted by Crippen LogP contribution is 2.37. The van der Waals surface area contributed by atoms with Gasteiger partial charge in [0.15, 0.2) is 11.2 Å². The molecule has 184 valence electrons. The Balaban J connectivity index is 2.06. The summed E-state index contributed by atoms with van der Waals surface area (Å²) in [5.41, 5.74) is 5.53. The number of nitrogens with one attached hydrogen (secondary N) is 3. The van der Waals surface area contributed by atoms with Crippen molar-refractivity contribution in [3.63, 3.8) is 0 Å². The van der Waals surface area contributed by atoms with Gasteiger partial charge in [-0.3, -0.25) is 23.9 Å². The van der Waals surface area contributed by atoms with Gasteiger partial charge in [0.05, 0.1) is 26.1 Å². The van der Waals surface area contributed by atoms with E-state index in [-0.39, 0.29) is 49.8 Å². The molecule has 15 heteroatoms. The first-order valence-electron chi connectivity index (χ1n) is 10.4. The lowest BCUT2D eigenvalue weighted by Gasteiger charge is -2.26. The minimum Gasteiger partial charge on any atom is -0.465 e. The second-order valence-electron chi connectivity index (χ2n) is 7.04. The molecule has 0 fully saturated rings. The average molecular weight is 487 g/mol. The van der Waals surface area contributed by atoms with E-state index < -0.39 is 37.0 Å². The molecule has 2 rings (SSSR count). The van der Waals surface area contributed by atoms with Crippen molar-refractivity contribution in [1.82, 2.24) is 29.7 Å². The molecule has 14 nitrogen and oxygen atoms in total. The van der Waals surface area contributed by atoms with Crippen molar-refractivity contribution < 1.29 is 28.4 Å². The number of carbonyl (C=O) groups is 2. The zero-order chi connectivity index (χ0) is 24.6. The minimum atomic E-state index is -3.60. The first-order valence-corrected chi connectivity index (χ1v) is 12.3. The normalized spacial score (nSPS) is 15.0. The van der Waals surface area contributed by atoms with Crippen molar-refractivity contribution in [2.24, 2.45) is 0 Å². The van der Waals surface area contributed by atoms with E-state index in [2.05, 4.69) is 25.1 Å². The molecular formula is C18H30N7O7P. The number of fused-ring (bicyclic) bond motifs is 1. The SMILES string of the molecule is CCOC(=O)C(C)NP(=O)(COCCn1cnc2c(=O)[nH]c(N)nc21)NC(C)C(=O)OCC. The summed E-state index contributed by atoms with van der Waals surface area (Å²) < 4.78 is 30.5. The Morgan fingerprint density at radius 1 is 1.18 bits per heavy atom. The number of ether oxygens (including phenoxy) is 3. The third-order valence-corrected chi connectivity index (χ3v) is 6.48. The average Bonchev–Trinajstić information content (AvgIpc) is 3.14. The first kappa shape index (κ1) is 26.5. The maximum absolute atomic E-state index is 13.5. The fourth-order valence-electron chi connectivity index (χ4n) is 2.87. The molecule has 0 spiro atoms. The fourth-order valence-corrected chi connectivity index (χ4v) is 4.94. The first-order chi connectivity index (χ1) is 15.6. The zero-order valence-corrected chi connectivity index (χ0v) is 19.9. The second kappa shape index (κ2) is 11.9. The molecule has 0 radical (unpaired) electrons. The van der Waals surface area contributed by atoms with Gasteiger partial charge in [0.1, 0.15) is 18.4 Å². The summed E-state index contributed by atoms with van der Waals surface area (Å²) in [6, 6.07) is -1.84. The zero-order valence-electron chi connectivity index (χ0n) is 19.0. The van der Waals surface area contributed by atoms with Crippen molar-refractivity contribution in [3.8, 4) is 0 Å². The number of aromatic amines is 1. The van der Waals surface area contributed by atoms with Gasteiger partial charge >= 0.3 is 11.9 Å². The van der Waals surface area contributed by atoms with E-state index >= 15 is 0 Å². The van der Waals surface area contributed by atoms with E-state index in [1.807, 2.05) is 0 Å². The van der Waals surface area contributed by atoms with Crippen molar-refractivity contribution in [2.75, 3.05) is 31.9 Å². The summed E-state index contributed by atoms with van der Waals surface area (Å²) in [7, 11) is -3.60. The molecule has 0 bridgehead atoms. The van der Waals surface area contributed by atoms with Crippen LogP contribution < -0.4 is 21.5 Å². The molecule has 0 saturated carbocycles. The number of nitrogens with two attached hydrogens (primary N) is 1. The molecule has 0 aliphatic rings. The molecule has 2 aromatic heterocycles. The van der Waals surface area contributed by atoms with Crippen LogP contribution in [0, 0.1) is 0 Å². The number of carbonyl (C=O) groups excluding carboxylic acids is 2. The van der Waals surface area contributed by atoms with Gasteiger partial charge in [-0.05, 0) is 27.7 Å². The standard InChI is InChI=1S/C18H30N7O7P/c1-5-31-16(27)11(3)23-33(29,24-12(4)17(28)32-6-2)10-30-8-7-25-9-20-13-14(25)21-18(19)22-15(13)26/h9,11-12H,5-8,10H2,1-4H3,(H2,23,24,29)(H3,19,21,22,26). The topological polar surface area (TPSA) is 193 Å². The van der Waals surface area contributed by atoms with Crippen molar-refractivity contribution >= 4 is 36.5 Å². The number of hydrogen-bond donors (Lipinski definition) is 4. The van der Waals surface area contributed by atoms with Crippen LogP contribution in [0.2, 0.25) is 0 Å². The van der Waals surface area contributed by atoms with Crippen LogP contribution in [0.3, 0.4) is 0 Å². The van der Waals surface area contributed by atoms with Crippen LogP contribution in [-0.2, 0) is 34.9 Å². The number of aromatic nitrogens is 4. The molecule has 0 amide bonds. The monoisotopic (exact) mass is 487 g/mol. The molecule has 2 aromatic rings. The van der Waals surface area contributed by atoms with Crippen LogP contribution in [0.4, 0.5) is 5.95 Å². The summed E-state index contributed by atoms with van der Waals surface area (Å²) in [4.78, 5) is 46.3. The van der Waals surface area contributed by atoms with Gasteiger partial charge in [-0.2, -0.15) is 4.98 Å². The molecule has 0 aliphatic heterocycles. The fraction of sp³-hybridized carbons (Fsp3) is 0.611. The van der Waals surface area contributed by atoms with Gasteiger partial charge in [-0.15, -0.1) is 0 Å². The van der Waals surface area contributed by atoms with Gasteiger partial charge in [0.25, 0.3) is 5.56 Å². The minimum absolute atomic E-state index is 0.0472. The predicted octanol–water partition coefficient (Wildman–Crippen LogP) is -0.0486. The maximum atomic E-state index is 13.5. The van der Waals surface area contributed by atoms with Crippen LogP contribution in [0.15, 0.2) is 11.1 Å². The number of rotatable bonds is 13. The van der Waals surface area contributed by atoms with E-state index in [9.17, 15) is 18.9 Å². The summed E-state index contributed by atoms with van der Waals surface area (Å²) in [5.74, 6) is -1.24. The van der Waals surface area contributed by atoms with E-state index in [1.165, 1.54) is 20.2 Å². The Morgan fingerprint density at radius 3 is 2.30 bits per heavy atom. The Bertz CT molecular complexity index is 1040. The number of anilines is 1. The summed E-state index contributed by atoms with van der Waals surface area (Å²) in [5, 5.41) is 5.38. The third-order valence-electron chi connectivity index (χ3n) is 4.33. The van der Waals surface area contributed by atoms with Crippen molar-refractivity contribution in [2.45, 2.75) is 46.3 Å². The lowest BCUT2D eigenvalue weighted by molar-refractivity contribution is -0.145. The summed E-state index contributed by atoms with van der Waals surface area (Å²) in [6.07, 6.45) is 1.07. The van der Waals surface area contributed by atoms with Gasteiger partial charge in [-0.1, -0.05) is 0 Å². The van der Waals surface area contributed by atoms with Crippen LogP contribution in [0.5, 0.6) is 0 Å². The molecule has 33 heavy (non-hydrogen) atoms. The van der Waals surface area contributed by atoms with E-state index in [4.69, 9.17) is 19.9 Å². The summed E-state index contributed by atoms with van der Waals surface area (Å²) >= 11 is 0. The molecule has 2 atom stereocenters. The van der Waals surface area contributed by atoms with Gasteiger partial charge in [0.2, 0.25) is 13.4 Å². The highest BCUT2D eigenvalue weighted by atomic mass is 31.2. The number of esters is 2. The van der Waals surface area contributed by atoms with Crippen LogP contribution >= 0.6 is 7.44 Å². The molecule has 5 N–H and O–H groups in total. The maximum Gasteiger partial charge on any atom is 0.323 e. The highest BCUT2D eigenvalue weighted by Gasteiger charge is 2.32. The van der Waals surface area contributed by atoms with Gasteiger partial charge in [0, 0.05) is 6.54 Å². The lowest BCUT2D eigenvalue weighted by atomic mass is 10.4. The molecule has 2 unspecified atom stereocenters. The van der Waals surface area contributed by atoms with Crippen LogP contribution in [0.25, 0.3) is 11.2 Å². The second-order valence-corrected chi connectivity index (χ2v) is 9.30. The molecular weight excluding hydrogens is 457 g/mol. The predicted molar refractivity (Wildman–Crippen MR) is 119 cm³/mol. The molecule has 0 aromatic carbocycles. The van der Waals surface area contributed by atoms with E-state index in [0.717, 1.165) is 0 Å². The number of H-pyrrole nitrogens is 1.